The normalized spacial score (nSPS) is 16.4. The van der Waals surface area contributed by atoms with Gasteiger partial charge in [-0.1, -0.05) is 12.1 Å². The molecule has 0 saturated carbocycles. The van der Waals surface area contributed by atoms with E-state index in [1.54, 1.807) is 6.92 Å². The molecule has 1 aliphatic heterocycles. The number of aliphatic hydroxyl groups is 1. The number of primary amides is 1. The van der Waals surface area contributed by atoms with Crippen molar-refractivity contribution in [2.24, 2.45) is 5.73 Å². The van der Waals surface area contributed by atoms with Gasteiger partial charge >= 0.3 is 5.97 Å². The number of carbonyl (C=O) groups excluding carboxylic acids is 2. The van der Waals surface area contributed by atoms with Gasteiger partial charge in [0.2, 0.25) is 11.8 Å². The van der Waals surface area contributed by atoms with Crippen molar-refractivity contribution in [2.45, 2.75) is 25.7 Å². The Bertz CT molecular complexity index is 1050. The van der Waals surface area contributed by atoms with E-state index in [0.29, 0.717) is 22.4 Å². The zero-order valence-electron chi connectivity index (χ0n) is 16.3. The van der Waals surface area contributed by atoms with Gasteiger partial charge in [-0.15, -0.1) is 0 Å². The van der Waals surface area contributed by atoms with Crippen LogP contribution < -0.4 is 10.6 Å². The van der Waals surface area contributed by atoms with Crippen LogP contribution in [0.15, 0.2) is 48.2 Å². The maximum Gasteiger partial charge on any atom is 0.333 e. The molecular weight excluding hydrogens is 391 g/mol. The summed E-state index contributed by atoms with van der Waals surface area (Å²) >= 11 is 0. The van der Waals surface area contributed by atoms with E-state index in [4.69, 9.17) is 5.73 Å². The molecule has 0 radical (unpaired) electrons. The number of carboxylic acid groups (broad SMARTS) is 1. The molecule has 2 amide bonds. The van der Waals surface area contributed by atoms with Crippen LogP contribution in [-0.2, 0) is 16.0 Å². The number of amides is 2. The first-order valence-electron chi connectivity index (χ1n) is 9.30. The SMILES string of the molecule is Cc1c(C(N)=O)ccc(N2C=C(C(=O)O)[C@H](c3ccc(F)cc3)CC2=O)c1CCO. The van der Waals surface area contributed by atoms with Crippen molar-refractivity contribution in [1.82, 2.24) is 0 Å². The second kappa shape index (κ2) is 8.46. The maximum atomic E-state index is 13.3. The van der Waals surface area contributed by atoms with Crippen LogP contribution in [0.5, 0.6) is 0 Å². The number of hydrogen-bond acceptors (Lipinski definition) is 4. The highest BCUT2D eigenvalue weighted by Crippen LogP contribution is 2.37. The van der Waals surface area contributed by atoms with Crippen LogP contribution in [0, 0.1) is 12.7 Å². The quantitative estimate of drug-likeness (QED) is 0.672. The lowest BCUT2D eigenvalue weighted by Gasteiger charge is -2.31. The number of carbonyl (C=O) groups is 3. The summed E-state index contributed by atoms with van der Waals surface area (Å²) in [5.41, 5.74) is 7.59. The highest BCUT2D eigenvalue weighted by Gasteiger charge is 2.34. The van der Waals surface area contributed by atoms with Crippen molar-refractivity contribution in [3.8, 4) is 0 Å². The van der Waals surface area contributed by atoms with Gasteiger partial charge in [-0.05, 0) is 54.3 Å². The number of benzene rings is 2. The van der Waals surface area contributed by atoms with Gasteiger partial charge in [0, 0.05) is 30.7 Å². The second-order valence-electron chi connectivity index (χ2n) is 7.04. The lowest BCUT2D eigenvalue weighted by atomic mass is 9.85. The number of anilines is 1. The molecule has 1 aliphatic rings. The minimum atomic E-state index is -1.20. The van der Waals surface area contributed by atoms with Crippen LogP contribution in [0.2, 0.25) is 0 Å². The van der Waals surface area contributed by atoms with Gasteiger partial charge in [0.05, 0.1) is 11.3 Å². The molecule has 0 fully saturated rings. The molecule has 0 aliphatic carbocycles. The fraction of sp³-hybridized carbons (Fsp3) is 0.227. The van der Waals surface area contributed by atoms with Gasteiger partial charge in [-0.3, -0.25) is 14.5 Å². The first-order chi connectivity index (χ1) is 14.2. The molecule has 8 heteroatoms. The number of hydrogen-bond donors (Lipinski definition) is 3. The van der Waals surface area contributed by atoms with Crippen molar-refractivity contribution < 1.29 is 29.0 Å². The summed E-state index contributed by atoms with van der Waals surface area (Å²) in [6, 6.07) is 8.35. The zero-order valence-corrected chi connectivity index (χ0v) is 16.3. The van der Waals surface area contributed by atoms with Crippen molar-refractivity contribution >= 4 is 23.5 Å². The largest absolute Gasteiger partial charge is 0.478 e. The monoisotopic (exact) mass is 412 g/mol. The molecule has 0 unspecified atom stereocenters. The van der Waals surface area contributed by atoms with Gasteiger partial charge in [0.15, 0.2) is 0 Å². The summed E-state index contributed by atoms with van der Waals surface area (Å²) in [5.74, 6) is -3.38. The number of halogens is 1. The van der Waals surface area contributed by atoms with Gasteiger partial charge in [0.1, 0.15) is 5.82 Å². The standard InChI is InChI=1S/C22H21FN2O5/c1-12-15(8-9-26)19(7-6-16(12)21(24)28)25-11-18(22(29)30)17(10-20(25)27)13-2-4-14(23)5-3-13/h2-7,11,17,26H,8-10H2,1H3,(H2,24,28)(H,29,30)/t17-/m0/s1. The Labute approximate surface area is 172 Å². The van der Waals surface area contributed by atoms with E-state index in [0.717, 1.165) is 0 Å². The average molecular weight is 412 g/mol. The summed E-state index contributed by atoms with van der Waals surface area (Å²) in [7, 11) is 0. The fourth-order valence-electron chi connectivity index (χ4n) is 3.75. The molecule has 7 nitrogen and oxygen atoms in total. The van der Waals surface area contributed by atoms with E-state index in [-0.39, 0.29) is 36.5 Å². The van der Waals surface area contributed by atoms with Crippen LogP contribution >= 0.6 is 0 Å². The Hall–Kier alpha value is -3.52. The van der Waals surface area contributed by atoms with Crippen molar-refractivity contribution in [2.75, 3.05) is 11.5 Å². The number of nitrogens with zero attached hydrogens (tertiary/aromatic N) is 1. The number of rotatable bonds is 6. The number of aliphatic carboxylic acids is 1. The van der Waals surface area contributed by atoms with Crippen molar-refractivity contribution in [1.29, 1.82) is 0 Å². The van der Waals surface area contributed by atoms with Crippen LogP contribution in [0.25, 0.3) is 0 Å². The molecule has 30 heavy (non-hydrogen) atoms. The molecule has 2 aromatic rings. The van der Waals surface area contributed by atoms with E-state index >= 15 is 0 Å². The first kappa shape index (κ1) is 21.2. The number of nitrogens with two attached hydrogens (primary N) is 1. The molecule has 0 bridgehead atoms. The molecule has 4 N–H and O–H groups in total. The van der Waals surface area contributed by atoms with E-state index in [9.17, 15) is 29.0 Å². The molecule has 0 saturated heterocycles. The Balaban J connectivity index is 2.12. The zero-order chi connectivity index (χ0) is 22.0. The van der Waals surface area contributed by atoms with E-state index < -0.39 is 23.6 Å². The minimum absolute atomic E-state index is 0.0206. The van der Waals surface area contributed by atoms with Crippen molar-refractivity contribution in [3.63, 3.8) is 0 Å². The van der Waals surface area contributed by atoms with E-state index in [2.05, 4.69) is 0 Å². The molecular formula is C22H21FN2O5. The predicted molar refractivity (Wildman–Crippen MR) is 107 cm³/mol. The van der Waals surface area contributed by atoms with E-state index in [1.807, 2.05) is 0 Å². The van der Waals surface area contributed by atoms with Crippen LogP contribution in [0.3, 0.4) is 0 Å². The minimum Gasteiger partial charge on any atom is -0.478 e. The van der Waals surface area contributed by atoms with E-state index in [1.165, 1.54) is 47.5 Å². The highest BCUT2D eigenvalue weighted by atomic mass is 19.1. The number of aliphatic hydroxyl groups excluding tert-OH is 1. The lowest BCUT2D eigenvalue weighted by molar-refractivity contribution is -0.133. The van der Waals surface area contributed by atoms with Gasteiger partial charge in [0.25, 0.3) is 0 Å². The lowest BCUT2D eigenvalue weighted by Crippen LogP contribution is -2.35. The third-order valence-electron chi connectivity index (χ3n) is 5.27. The van der Waals surface area contributed by atoms with Crippen LogP contribution in [-0.4, -0.2) is 34.6 Å². The Morgan fingerprint density at radius 3 is 2.43 bits per heavy atom. The average Bonchev–Trinajstić information content (AvgIpc) is 2.69. The molecule has 0 spiro atoms. The highest BCUT2D eigenvalue weighted by molar-refractivity contribution is 6.03. The summed E-state index contributed by atoms with van der Waals surface area (Å²) < 4.78 is 13.3. The Kier molecular flexibility index (Phi) is 5.98. The fourth-order valence-corrected chi connectivity index (χ4v) is 3.75. The van der Waals surface area contributed by atoms with Crippen LogP contribution in [0.1, 0.15) is 39.4 Å². The predicted octanol–water partition coefficient (Wildman–Crippen LogP) is 2.26. The third-order valence-corrected chi connectivity index (χ3v) is 5.27. The summed E-state index contributed by atoms with van der Waals surface area (Å²) in [5, 5.41) is 19.2. The Morgan fingerprint density at radius 1 is 1.20 bits per heavy atom. The molecule has 1 atom stereocenters. The molecule has 0 aromatic heterocycles. The molecule has 156 valence electrons. The topological polar surface area (TPSA) is 121 Å². The first-order valence-corrected chi connectivity index (χ1v) is 9.30. The molecule has 1 heterocycles. The number of carboxylic acids is 1. The van der Waals surface area contributed by atoms with Crippen molar-refractivity contribution in [3.05, 3.63) is 76.2 Å². The Morgan fingerprint density at radius 2 is 1.87 bits per heavy atom. The van der Waals surface area contributed by atoms with Gasteiger partial charge in [-0.2, -0.15) is 0 Å². The maximum absolute atomic E-state index is 13.3. The smallest absolute Gasteiger partial charge is 0.333 e. The van der Waals surface area contributed by atoms with Crippen LogP contribution in [0.4, 0.5) is 10.1 Å². The molecule has 2 aromatic carbocycles. The van der Waals surface area contributed by atoms with Gasteiger partial charge in [-0.25, -0.2) is 9.18 Å². The molecule has 3 rings (SSSR count). The summed E-state index contributed by atoms with van der Waals surface area (Å²) in [4.78, 5) is 37.8. The second-order valence-corrected chi connectivity index (χ2v) is 7.04. The third kappa shape index (κ3) is 3.95. The summed E-state index contributed by atoms with van der Waals surface area (Å²) in [6.45, 7) is 1.43. The summed E-state index contributed by atoms with van der Waals surface area (Å²) in [6.07, 6.45) is 1.28. The van der Waals surface area contributed by atoms with Gasteiger partial charge < -0.3 is 15.9 Å².